The van der Waals surface area contributed by atoms with Crippen LogP contribution >= 0.6 is 12.4 Å². The summed E-state index contributed by atoms with van der Waals surface area (Å²) in [5.74, 6) is 1.70. The van der Waals surface area contributed by atoms with E-state index in [1.54, 1.807) is 0 Å². The summed E-state index contributed by atoms with van der Waals surface area (Å²) in [5, 5.41) is 6.70. The summed E-state index contributed by atoms with van der Waals surface area (Å²) in [4.78, 5) is 12.2. The number of hydrogen-bond donors (Lipinski definition) is 2. The highest BCUT2D eigenvalue weighted by Gasteiger charge is 2.46. The molecule has 3 rings (SSSR count). The number of hydrogen-bond acceptors (Lipinski definition) is 2. The van der Waals surface area contributed by atoms with Crippen LogP contribution in [-0.2, 0) is 4.79 Å². The fourth-order valence-electron chi connectivity index (χ4n) is 3.79. The van der Waals surface area contributed by atoms with Crippen LogP contribution in [0.1, 0.15) is 52.4 Å². The molecule has 2 N–H and O–H groups in total. The third kappa shape index (κ3) is 3.25. The van der Waals surface area contributed by atoms with E-state index in [9.17, 15) is 4.79 Å². The van der Waals surface area contributed by atoms with Crippen molar-refractivity contribution in [2.24, 2.45) is 17.3 Å². The fourth-order valence-corrected chi connectivity index (χ4v) is 3.79. The Morgan fingerprint density at radius 3 is 2.63 bits per heavy atom. The average molecular weight is 287 g/mol. The Hall–Kier alpha value is -0.280. The van der Waals surface area contributed by atoms with E-state index in [-0.39, 0.29) is 24.4 Å². The number of carbonyl (C=O) groups is 1. The molecule has 3 nitrogen and oxygen atoms in total. The van der Waals surface area contributed by atoms with Crippen molar-refractivity contribution < 1.29 is 4.79 Å². The maximum Gasteiger partial charge on any atom is 0.237 e. The second kappa shape index (κ2) is 5.61. The van der Waals surface area contributed by atoms with Crippen molar-refractivity contribution in [3.05, 3.63) is 0 Å². The molecular weight excluding hydrogens is 260 g/mol. The third-order valence-electron chi connectivity index (χ3n) is 5.42. The molecule has 1 heterocycles. The van der Waals surface area contributed by atoms with Crippen LogP contribution < -0.4 is 10.6 Å². The fraction of sp³-hybridized carbons (Fsp3) is 0.933. The zero-order chi connectivity index (χ0) is 12.8. The topological polar surface area (TPSA) is 41.1 Å². The molecule has 19 heavy (non-hydrogen) atoms. The molecular formula is C15H27ClN2O. The zero-order valence-electron chi connectivity index (χ0n) is 12.1. The molecule has 0 radical (unpaired) electrons. The largest absolute Gasteiger partial charge is 0.354 e. The molecule has 1 saturated heterocycles. The predicted molar refractivity (Wildman–Crippen MR) is 79.4 cm³/mol. The first-order valence-electron chi connectivity index (χ1n) is 7.60. The summed E-state index contributed by atoms with van der Waals surface area (Å²) in [6.07, 6.45) is 7.59. The molecule has 0 aromatic carbocycles. The van der Waals surface area contributed by atoms with Gasteiger partial charge in [0.2, 0.25) is 5.91 Å². The summed E-state index contributed by atoms with van der Waals surface area (Å²) in [7, 11) is 0. The van der Waals surface area contributed by atoms with Crippen LogP contribution in [0.15, 0.2) is 0 Å². The Balaban J connectivity index is 0.00000133. The summed E-state index contributed by atoms with van der Waals surface area (Å²) < 4.78 is 0. The van der Waals surface area contributed by atoms with Crippen molar-refractivity contribution >= 4 is 18.3 Å². The molecule has 110 valence electrons. The molecule has 0 aromatic heterocycles. The van der Waals surface area contributed by atoms with Crippen molar-refractivity contribution in [1.29, 1.82) is 0 Å². The Labute approximate surface area is 122 Å². The lowest BCUT2D eigenvalue weighted by Crippen LogP contribution is -2.43. The summed E-state index contributed by atoms with van der Waals surface area (Å²) >= 11 is 0. The van der Waals surface area contributed by atoms with E-state index in [2.05, 4.69) is 24.5 Å². The van der Waals surface area contributed by atoms with Crippen LogP contribution in [0.25, 0.3) is 0 Å². The van der Waals surface area contributed by atoms with E-state index in [1.165, 1.54) is 32.1 Å². The summed E-state index contributed by atoms with van der Waals surface area (Å²) in [6.45, 7) is 5.44. The number of nitrogens with one attached hydrogen (secondary N) is 2. The molecule has 0 aromatic rings. The minimum atomic E-state index is 0. The van der Waals surface area contributed by atoms with E-state index in [4.69, 9.17) is 0 Å². The van der Waals surface area contributed by atoms with Gasteiger partial charge in [-0.25, -0.2) is 0 Å². The first-order chi connectivity index (χ1) is 8.56. The van der Waals surface area contributed by atoms with Crippen molar-refractivity contribution in [3.8, 4) is 0 Å². The van der Waals surface area contributed by atoms with Crippen molar-refractivity contribution in [2.75, 3.05) is 6.54 Å². The first-order valence-corrected chi connectivity index (χ1v) is 7.60. The lowest BCUT2D eigenvalue weighted by atomic mass is 9.85. The monoisotopic (exact) mass is 286 g/mol. The summed E-state index contributed by atoms with van der Waals surface area (Å²) in [5.41, 5.74) is 0.463. The lowest BCUT2D eigenvalue weighted by Gasteiger charge is -2.24. The maximum absolute atomic E-state index is 12.2. The van der Waals surface area contributed by atoms with Gasteiger partial charge in [-0.1, -0.05) is 26.7 Å². The molecule has 0 spiro atoms. The number of halogens is 1. The van der Waals surface area contributed by atoms with Crippen LogP contribution in [0.3, 0.4) is 0 Å². The molecule has 0 bridgehead atoms. The molecule has 2 saturated carbocycles. The minimum absolute atomic E-state index is 0. The molecule has 3 fully saturated rings. The van der Waals surface area contributed by atoms with Crippen molar-refractivity contribution in [1.82, 2.24) is 10.6 Å². The normalized spacial score (nSPS) is 39.1. The zero-order valence-corrected chi connectivity index (χ0v) is 12.9. The van der Waals surface area contributed by atoms with E-state index < -0.39 is 0 Å². The van der Waals surface area contributed by atoms with Gasteiger partial charge in [0.15, 0.2) is 0 Å². The molecule has 2 aliphatic carbocycles. The smallest absolute Gasteiger partial charge is 0.237 e. The minimum Gasteiger partial charge on any atom is -0.354 e. The van der Waals surface area contributed by atoms with Gasteiger partial charge in [-0.05, 0) is 42.9 Å². The van der Waals surface area contributed by atoms with Crippen LogP contribution in [0.5, 0.6) is 0 Å². The van der Waals surface area contributed by atoms with Crippen LogP contribution in [0, 0.1) is 17.3 Å². The second-order valence-electron chi connectivity index (χ2n) is 7.24. The van der Waals surface area contributed by atoms with Gasteiger partial charge in [0.05, 0.1) is 6.04 Å². The van der Waals surface area contributed by atoms with Gasteiger partial charge < -0.3 is 10.6 Å². The van der Waals surface area contributed by atoms with Crippen molar-refractivity contribution in [3.63, 3.8) is 0 Å². The van der Waals surface area contributed by atoms with E-state index in [0.29, 0.717) is 17.4 Å². The highest BCUT2D eigenvalue weighted by molar-refractivity contribution is 5.85. The Kier molecular flexibility index (Phi) is 4.46. The summed E-state index contributed by atoms with van der Waals surface area (Å²) in [6, 6.07) is 0.701. The molecule has 1 amide bonds. The number of carbonyl (C=O) groups excluding carboxylic acids is 1. The van der Waals surface area contributed by atoms with Gasteiger partial charge >= 0.3 is 0 Å². The highest BCUT2D eigenvalue weighted by Crippen LogP contribution is 2.51. The molecule has 4 unspecified atom stereocenters. The molecule has 4 atom stereocenters. The molecule has 3 aliphatic rings. The SMILES string of the molecule is CC1(C)CC1CNC(=O)C1CC2CCCCC2N1.Cl. The third-order valence-corrected chi connectivity index (χ3v) is 5.42. The number of rotatable bonds is 3. The lowest BCUT2D eigenvalue weighted by molar-refractivity contribution is -0.123. The maximum atomic E-state index is 12.2. The van der Waals surface area contributed by atoms with Gasteiger partial charge in [0.1, 0.15) is 0 Å². The highest BCUT2D eigenvalue weighted by atomic mass is 35.5. The number of fused-ring (bicyclic) bond motifs is 1. The first kappa shape index (κ1) is 15.1. The second-order valence-corrected chi connectivity index (χ2v) is 7.24. The standard InChI is InChI=1S/C15H26N2O.ClH/c1-15(2)8-11(15)9-16-14(18)13-7-10-5-3-4-6-12(10)17-13;/h10-13,17H,3-9H2,1-2H3,(H,16,18);1H. The molecule has 4 heteroatoms. The van der Waals surface area contributed by atoms with Gasteiger partial charge in [-0.2, -0.15) is 0 Å². The Morgan fingerprint density at radius 2 is 2.00 bits per heavy atom. The van der Waals surface area contributed by atoms with Gasteiger partial charge in [-0.15, -0.1) is 12.4 Å². The van der Waals surface area contributed by atoms with Gasteiger partial charge in [0, 0.05) is 12.6 Å². The van der Waals surface area contributed by atoms with Crippen molar-refractivity contribution in [2.45, 2.75) is 64.5 Å². The average Bonchev–Trinajstić information content (AvgIpc) is 2.77. The molecule has 1 aliphatic heterocycles. The number of amides is 1. The quantitative estimate of drug-likeness (QED) is 0.837. The Morgan fingerprint density at radius 1 is 1.32 bits per heavy atom. The van der Waals surface area contributed by atoms with Crippen LogP contribution in [0.4, 0.5) is 0 Å². The van der Waals surface area contributed by atoms with Gasteiger partial charge in [0.25, 0.3) is 0 Å². The predicted octanol–water partition coefficient (Wildman–Crippen LogP) is 2.49. The van der Waals surface area contributed by atoms with E-state index in [1.807, 2.05) is 0 Å². The van der Waals surface area contributed by atoms with E-state index >= 15 is 0 Å². The van der Waals surface area contributed by atoms with Gasteiger partial charge in [-0.3, -0.25) is 4.79 Å². The van der Waals surface area contributed by atoms with Crippen LogP contribution in [-0.4, -0.2) is 24.5 Å². The Bertz CT molecular complexity index is 331. The van der Waals surface area contributed by atoms with Crippen LogP contribution in [0.2, 0.25) is 0 Å². The van der Waals surface area contributed by atoms with E-state index in [0.717, 1.165) is 18.9 Å².